The Labute approximate surface area is 156 Å². The fourth-order valence-corrected chi connectivity index (χ4v) is 2.86. The van der Waals surface area contributed by atoms with E-state index in [1.165, 1.54) is 4.57 Å². The van der Waals surface area contributed by atoms with Crippen LogP contribution in [0.25, 0.3) is 11.1 Å². The number of aryl methyl sites for hydroxylation is 1. The molecule has 2 amide bonds. The van der Waals surface area contributed by atoms with Crippen LogP contribution in [0.3, 0.4) is 0 Å². The highest BCUT2D eigenvalue weighted by Gasteiger charge is 2.21. The van der Waals surface area contributed by atoms with Gasteiger partial charge in [-0.15, -0.1) is 0 Å². The van der Waals surface area contributed by atoms with Crippen molar-refractivity contribution < 1.29 is 14.0 Å². The summed E-state index contributed by atoms with van der Waals surface area (Å²) in [6, 6.07) is 11.7. The molecule has 1 atom stereocenters. The highest BCUT2D eigenvalue weighted by atomic mass is 16.4. The zero-order chi connectivity index (χ0) is 19.6. The molecule has 0 spiro atoms. The van der Waals surface area contributed by atoms with Gasteiger partial charge in [0, 0.05) is 5.69 Å². The van der Waals surface area contributed by atoms with Gasteiger partial charge >= 0.3 is 5.76 Å². The number of para-hydroxylation sites is 2. The molecule has 3 aromatic rings. The number of anilines is 1. The van der Waals surface area contributed by atoms with E-state index in [1.54, 1.807) is 31.2 Å². The first-order valence-corrected chi connectivity index (χ1v) is 8.62. The van der Waals surface area contributed by atoms with Gasteiger partial charge < -0.3 is 15.1 Å². The molecule has 7 nitrogen and oxygen atoms in total. The van der Waals surface area contributed by atoms with Crippen LogP contribution >= 0.6 is 0 Å². The zero-order valence-electron chi connectivity index (χ0n) is 15.4. The number of hydrogen-bond donors (Lipinski definition) is 2. The van der Waals surface area contributed by atoms with Gasteiger partial charge in [-0.1, -0.05) is 24.3 Å². The Balaban J connectivity index is 1.66. The summed E-state index contributed by atoms with van der Waals surface area (Å²) in [6.07, 6.45) is 0. The van der Waals surface area contributed by atoms with Crippen molar-refractivity contribution in [1.82, 2.24) is 9.88 Å². The van der Waals surface area contributed by atoms with Crippen LogP contribution in [-0.2, 0) is 9.59 Å². The summed E-state index contributed by atoms with van der Waals surface area (Å²) < 4.78 is 6.42. The Morgan fingerprint density at radius 2 is 1.85 bits per heavy atom. The van der Waals surface area contributed by atoms with E-state index in [9.17, 15) is 14.4 Å². The van der Waals surface area contributed by atoms with E-state index in [-0.39, 0.29) is 12.5 Å². The highest BCUT2D eigenvalue weighted by Crippen LogP contribution is 2.18. The number of aromatic nitrogens is 1. The Kier molecular flexibility index (Phi) is 5.12. The van der Waals surface area contributed by atoms with Gasteiger partial charge in [0.25, 0.3) is 0 Å². The number of oxazole rings is 1. The number of rotatable bonds is 5. The minimum absolute atomic E-state index is 0.193. The molecule has 0 aliphatic heterocycles. The quantitative estimate of drug-likeness (QED) is 0.725. The van der Waals surface area contributed by atoms with Gasteiger partial charge in [-0.25, -0.2) is 4.79 Å². The van der Waals surface area contributed by atoms with Crippen LogP contribution in [0.15, 0.2) is 51.7 Å². The molecule has 3 rings (SSSR count). The predicted octanol–water partition coefficient (Wildman–Crippen LogP) is 2.53. The van der Waals surface area contributed by atoms with Crippen molar-refractivity contribution >= 4 is 28.6 Å². The first-order chi connectivity index (χ1) is 12.9. The summed E-state index contributed by atoms with van der Waals surface area (Å²) in [5.41, 5.74) is 3.69. The van der Waals surface area contributed by atoms with Crippen LogP contribution in [-0.4, -0.2) is 22.9 Å². The SMILES string of the molecule is Cc1cccc(NC(=O)CNC(=O)[C@@H](C)n2c(=O)oc3ccccc32)c1C. The number of nitrogens with one attached hydrogen (secondary N) is 2. The van der Waals surface area contributed by atoms with Gasteiger partial charge in [0.05, 0.1) is 12.1 Å². The third-order valence-electron chi connectivity index (χ3n) is 4.59. The van der Waals surface area contributed by atoms with Crippen molar-refractivity contribution in [2.75, 3.05) is 11.9 Å². The molecule has 0 saturated carbocycles. The maximum absolute atomic E-state index is 12.4. The van der Waals surface area contributed by atoms with E-state index in [1.807, 2.05) is 32.0 Å². The normalized spacial score (nSPS) is 12.0. The van der Waals surface area contributed by atoms with E-state index < -0.39 is 17.7 Å². The lowest BCUT2D eigenvalue weighted by atomic mass is 10.1. The van der Waals surface area contributed by atoms with Gasteiger partial charge in [-0.05, 0) is 50.1 Å². The third kappa shape index (κ3) is 3.76. The van der Waals surface area contributed by atoms with Crippen LogP contribution in [0.1, 0.15) is 24.1 Å². The molecular formula is C20H21N3O4. The average Bonchev–Trinajstić information content (AvgIpc) is 2.98. The van der Waals surface area contributed by atoms with Crippen molar-refractivity contribution in [1.29, 1.82) is 0 Å². The van der Waals surface area contributed by atoms with Crippen molar-refractivity contribution in [3.8, 4) is 0 Å². The summed E-state index contributed by atoms with van der Waals surface area (Å²) in [7, 11) is 0. The summed E-state index contributed by atoms with van der Waals surface area (Å²) in [5, 5.41) is 5.34. The number of hydrogen-bond acceptors (Lipinski definition) is 4. The zero-order valence-corrected chi connectivity index (χ0v) is 15.4. The molecule has 27 heavy (non-hydrogen) atoms. The second kappa shape index (κ2) is 7.49. The summed E-state index contributed by atoms with van der Waals surface area (Å²) in [6.45, 7) is 5.27. The lowest BCUT2D eigenvalue weighted by molar-refractivity contribution is -0.126. The van der Waals surface area contributed by atoms with E-state index in [0.29, 0.717) is 16.8 Å². The molecule has 0 aliphatic carbocycles. The number of carbonyl (C=O) groups is 2. The molecule has 1 heterocycles. The fraction of sp³-hybridized carbons (Fsp3) is 0.250. The second-order valence-electron chi connectivity index (χ2n) is 6.40. The molecule has 0 unspecified atom stereocenters. The van der Waals surface area contributed by atoms with E-state index >= 15 is 0 Å². The standard InChI is InChI=1S/C20H21N3O4/c1-12-7-6-8-15(13(12)2)22-18(24)11-21-19(25)14(3)23-16-9-4-5-10-17(16)27-20(23)26/h4-10,14H,11H2,1-3H3,(H,21,25)(H,22,24)/t14-/m1/s1. The average molecular weight is 367 g/mol. The van der Waals surface area contributed by atoms with E-state index in [2.05, 4.69) is 10.6 Å². The number of benzene rings is 2. The van der Waals surface area contributed by atoms with Crippen LogP contribution in [0, 0.1) is 13.8 Å². The molecule has 0 radical (unpaired) electrons. The molecular weight excluding hydrogens is 346 g/mol. The molecule has 0 fully saturated rings. The third-order valence-corrected chi connectivity index (χ3v) is 4.59. The first kappa shape index (κ1) is 18.4. The Morgan fingerprint density at radius 3 is 2.63 bits per heavy atom. The summed E-state index contributed by atoms with van der Waals surface area (Å²) in [5.74, 6) is -1.40. The Morgan fingerprint density at radius 1 is 1.11 bits per heavy atom. The lowest BCUT2D eigenvalue weighted by Crippen LogP contribution is -2.38. The Bertz CT molecular complexity index is 1060. The van der Waals surface area contributed by atoms with E-state index in [0.717, 1.165) is 11.1 Å². The highest BCUT2D eigenvalue weighted by molar-refractivity contribution is 5.95. The summed E-state index contributed by atoms with van der Waals surface area (Å²) >= 11 is 0. The topological polar surface area (TPSA) is 93.3 Å². The Hall–Kier alpha value is -3.35. The second-order valence-corrected chi connectivity index (χ2v) is 6.40. The van der Waals surface area contributed by atoms with Crippen molar-refractivity contribution in [2.45, 2.75) is 26.8 Å². The molecule has 7 heteroatoms. The first-order valence-electron chi connectivity index (χ1n) is 8.62. The number of amides is 2. The van der Waals surface area contributed by atoms with Gasteiger partial charge in [0.15, 0.2) is 5.58 Å². The van der Waals surface area contributed by atoms with Gasteiger partial charge in [-0.2, -0.15) is 0 Å². The molecule has 1 aromatic heterocycles. The molecule has 0 bridgehead atoms. The number of carbonyl (C=O) groups excluding carboxylic acids is 2. The van der Waals surface area contributed by atoms with Crippen LogP contribution in [0.4, 0.5) is 5.69 Å². The van der Waals surface area contributed by atoms with Crippen molar-refractivity contribution in [3.05, 3.63) is 64.1 Å². The van der Waals surface area contributed by atoms with Crippen LogP contribution < -0.4 is 16.4 Å². The number of nitrogens with zero attached hydrogens (tertiary/aromatic N) is 1. The van der Waals surface area contributed by atoms with Crippen molar-refractivity contribution in [2.24, 2.45) is 0 Å². The van der Waals surface area contributed by atoms with Gasteiger partial charge in [0.2, 0.25) is 11.8 Å². The fourth-order valence-electron chi connectivity index (χ4n) is 2.86. The summed E-state index contributed by atoms with van der Waals surface area (Å²) in [4.78, 5) is 36.6. The monoisotopic (exact) mass is 367 g/mol. The molecule has 0 saturated heterocycles. The maximum atomic E-state index is 12.4. The molecule has 0 aliphatic rings. The minimum atomic E-state index is -0.811. The predicted molar refractivity (Wildman–Crippen MR) is 103 cm³/mol. The van der Waals surface area contributed by atoms with E-state index in [4.69, 9.17) is 4.42 Å². The smallest absolute Gasteiger partial charge is 0.408 e. The lowest BCUT2D eigenvalue weighted by Gasteiger charge is -2.14. The van der Waals surface area contributed by atoms with Gasteiger partial charge in [-0.3, -0.25) is 14.2 Å². The van der Waals surface area contributed by atoms with Crippen LogP contribution in [0.2, 0.25) is 0 Å². The minimum Gasteiger partial charge on any atom is -0.408 e. The molecule has 2 aromatic carbocycles. The largest absolute Gasteiger partial charge is 0.420 e. The van der Waals surface area contributed by atoms with Gasteiger partial charge in [0.1, 0.15) is 6.04 Å². The van der Waals surface area contributed by atoms with Crippen molar-refractivity contribution in [3.63, 3.8) is 0 Å². The maximum Gasteiger partial charge on any atom is 0.420 e. The number of fused-ring (bicyclic) bond motifs is 1. The van der Waals surface area contributed by atoms with Crippen LogP contribution in [0.5, 0.6) is 0 Å². The molecule has 140 valence electrons. The molecule has 2 N–H and O–H groups in total.